The molecule has 6 heteroatoms. The van der Waals surface area contributed by atoms with Crippen LogP contribution in [0.3, 0.4) is 0 Å². The summed E-state index contributed by atoms with van der Waals surface area (Å²) in [7, 11) is 2.21. The van der Waals surface area contributed by atoms with Gasteiger partial charge in [-0.15, -0.1) is 5.10 Å². The van der Waals surface area contributed by atoms with Crippen LogP contribution in [0.15, 0.2) is 22.8 Å². The maximum atomic E-state index is 4.45. The maximum Gasteiger partial charge on any atom is 0.243 e. The average Bonchev–Trinajstić information content (AvgIpc) is 3.06. The Balaban J connectivity index is 1.54. The van der Waals surface area contributed by atoms with Gasteiger partial charge in [-0.1, -0.05) is 12.8 Å². The number of hydrogen-bond donors (Lipinski definition) is 1. The standard InChI is InChI=1S/C14H20BrN5/c1-19(12-4-2-3-5-12)9-8-16-14-17-13-7-6-11(15)10-20(13)18-14/h6-7,10,12H,2-5,8-9H2,1H3,(H,16,18). The molecule has 0 amide bonds. The molecule has 0 saturated heterocycles. The molecule has 2 aromatic rings. The molecule has 1 aliphatic carbocycles. The van der Waals surface area contributed by atoms with Crippen molar-refractivity contribution < 1.29 is 0 Å². The molecule has 0 spiro atoms. The van der Waals surface area contributed by atoms with Crippen LogP contribution >= 0.6 is 15.9 Å². The molecule has 3 rings (SSSR count). The summed E-state index contributed by atoms with van der Waals surface area (Å²) in [4.78, 5) is 6.90. The number of nitrogens with one attached hydrogen (secondary N) is 1. The SMILES string of the molecule is CN(CCNc1nc2ccc(Br)cn2n1)C1CCCC1. The van der Waals surface area contributed by atoms with Crippen molar-refractivity contribution in [2.75, 3.05) is 25.5 Å². The van der Waals surface area contributed by atoms with Crippen LogP contribution in [-0.4, -0.2) is 45.7 Å². The lowest BCUT2D eigenvalue weighted by atomic mass is 10.2. The Kier molecular flexibility index (Phi) is 4.21. The monoisotopic (exact) mass is 337 g/mol. The number of anilines is 1. The van der Waals surface area contributed by atoms with Crippen LogP contribution in [0.1, 0.15) is 25.7 Å². The largest absolute Gasteiger partial charge is 0.352 e. The van der Waals surface area contributed by atoms with Gasteiger partial charge in [0.25, 0.3) is 0 Å². The van der Waals surface area contributed by atoms with E-state index in [-0.39, 0.29) is 0 Å². The quantitative estimate of drug-likeness (QED) is 0.911. The van der Waals surface area contributed by atoms with E-state index in [1.807, 2.05) is 18.3 Å². The zero-order valence-corrected chi connectivity index (χ0v) is 13.3. The van der Waals surface area contributed by atoms with Gasteiger partial charge in [0, 0.05) is 29.8 Å². The highest BCUT2D eigenvalue weighted by Gasteiger charge is 2.18. The topological polar surface area (TPSA) is 45.5 Å². The summed E-state index contributed by atoms with van der Waals surface area (Å²) in [6, 6.07) is 4.69. The van der Waals surface area contributed by atoms with Gasteiger partial charge in [0.05, 0.1) is 0 Å². The van der Waals surface area contributed by atoms with Crippen molar-refractivity contribution in [1.82, 2.24) is 19.5 Å². The lowest BCUT2D eigenvalue weighted by Crippen LogP contribution is -2.33. The molecule has 108 valence electrons. The van der Waals surface area contributed by atoms with Gasteiger partial charge < -0.3 is 10.2 Å². The molecule has 1 saturated carbocycles. The summed E-state index contributed by atoms with van der Waals surface area (Å²) in [6.07, 6.45) is 7.36. The van der Waals surface area contributed by atoms with Crippen LogP contribution < -0.4 is 5.32 Å². The molecule has 20 heavy (non-hydrogen) atoms. The predicted octanol–water partition coefficient (Wildman–Crippen LogP) is 2.78. The Morgan fingerprint density at radius 1 is 1.40 bits per heavy atom. The average molecular weight is 338 g/mol. The summed E-state index contributed by atoms with van der Waals surface area (Å²) < 4.78 is 2.79. The van der Waals surface area contributed by atoms with Gasteiger partial charge in [-0.3, -0.25) is 0 Å². The van der Waals surface area contributed by atoms with Gasteiger partial charge in [-0.05, 0) is 48.0 Å². The van der Waals surface area contributed by atoms with Crippen molar-refractivity contribution in [3.05, 3.63) is 22.8 Å². The van der Waals surface area contributed by atoms with Crippen molar-refractivity contribution >= 4 is 27.5 Å². The van der Waals surface area contributed by atoms with E-state index in [4.69, 9.17) is 0 Å². The fraction of sp³-hybridized carbons (Fsp3) is 0.571. The van der Waals surface area contributed by atoms with Crippen LogP contribution in [0.25, 0.3) is 5.65 Å². The molecule has 2 heterocycles. The summed E-state index contributed by atoms with van der Waals surface area (Å²) in [5.74, 6) is 0.697. The smallest absolute Gasteiger partial charge is 0.243 e. The first kappa shape index (κ1) is 13.8. The van der Waals surface area contributed by atoms with Crippen molar-refractivity contribution in [1.29, 1.82) is 0 Å². The highest BCUT2D eigenvalue weighted by Crippen LogP contribution is 2.21. The Morgan fingerprint density at radius 3 is 3.00 bits per heavy atom. The first-order chi connectivity index (χ1) is 9.72. The third-order valence-electron chi connectivity index (χ3n) is 3.99. The number of halogens is 1. The normalized spacial score (nSPS) is 16.4. The van der Waals surface area contributed by atoms with Gasteiger partial charge in [-0.25, -0.2) is 4.52 Å². The molecule has 2 aromatic heterocycles. The van der Waals surface area contributed by atoms with Crippen LogP contribution in [0.4, 0.5) is 5.95 Å². The van der Waals surface area contributed by atoms with Crippen molar-refractivity contribution in [3.8, 4) is 0 Å². The lowest BCUT2D eigenvalue weighted by molar-refractivity contribution is 0.254. The molecular formula is C14H20BrN5. The predicted molar refractivity (Wildman–Crippen MR) is 84.1 cm³/mol. The Morgan fingerprint density at radius 2 is 2.20 bits per heavy atom. The number of aromatic nitrogens is 3. The third kappa shape index (κ3) is 3.12. The van der Waals surface area contributed by atoms with Gasteiger partial charge in [0.1, 0.15) is 0 Å². The molecular weight excluding hydrogens is 318 g/mol. The van der Waals surface area contributed by atoms with E-state index in [1.165, 1.54) is 25.7 Å². The highest BCUT2D eigenvalue weighted by molar-refractivity contribution is 9.10. The van der Waals surface area contributed by atoms with E-state index in [0.717, 1.165) is 29.3 Å². The van der Waals surface area contributed by atoms with Crippen LogP contribution in [-0.2, 0) is 0 Å². The molecule has 0 aromatic carbocycles. The highest BCUT2D eigenvalue weighted by atomic mass is 79.9. The van der Waals surface area contributed by atoms with Gasteiger partial charge >= 0.3 is 0 Å². The van der Waals surface area contributed by atoms with Gasteiger partial charge in [0.2, 0.25) is 5.95 Å². The minimum Gasteiger partial charge on any atom is -0.352 e. The van der Waals surface area contributed by atoms with Crippen LogP contribution in [0, 0.1) is 0 Å². The molecule has 0 unspecified atom stereocenters. The molecule has 0 radical (unpaired) electrons. The molecule has 1 N–H and O–H groups in total. The summed E-state index contributed by atoms with van der Waals surface area (Å²) in [6.45, 7) is 1.91. The fourth-order valence-electron chi connectivity index (χ4n) is 2.80. The van der Waals surface area contributed by atoms with Crippen molar-refractivity contribution in [2.24, 2.45) is 0 Å². The molecule has 1 fully saturated rings. The lowest BCUT2D eigenvalue weighted by Gasteiger charge is -2.23. The van der Waals surface area contributed by atoms with Crippen molar-refractivity contribution in [2.45, 2.75) is 31.7 Å². The number of nitrogens with zero attached hydrogens (tertiary/aromatic N) is 4. The zero-order chi connectivity index (χ0) is 13.9. The summed E-state index contributed by atoms with van der Waals surface area (Å²) in [5.41, 5.74) is 0.861. The zero-order valence-electron chi connectivity index (χ0n) is 11.7. The van der Waals surface area contributed by atoms with Crippen LogP contribution in [0.2, 0.25) is 0 Å². The van der Waals surface area contributed by atoms with E-state index in [1.54, 1.807) is 4.52 Å². The second-order valence-electron chi connectivity index (χ2n) is 5.43. The van der Waals surface area contributed by atoms with E-state index >= 15 is 0 Å². The number of pyridine rings is 1. The summed E-state index contributed by atoms with van der Waals surface area (Å²) in [5, 5.41) is 7.72. The van der Waals surface area contributed by atoms with E-state index in [2.05, 4.69) is 43.3 Å². The summed E-state index contributed by atoms with van der Waals surface area (Å²) >= 11 is 3.44. The minimum atomic E-state index is 0.697. The molecule has 0 aliphatic heterocycles. The minimum absolute atomic E-state index is 0.697. The molecule has 0 bridgehead atoms. The van der Waals surface area contributed by atoms with Crippen LogP contribution in [0.5, 0.6) is 0 Å². The first-order valence-electron chi connectivity index (χ1n) is 7.18. The Bertz CT molecular complexity index is 576. The second-order valence-corrected chi connectivity index (χ2v) is 6.35. The molecule has 0 atom stereocenters. The van der Waals surface area contributed by atoms with Gasteiger partial charge in [0.15, 0.2) is 5.65 Å². The van der Waals surface area contributed by atoms with E-state index < -0.39 is 0 Å². The van der Waals surface area contributed by atoms with Gasteiger partial charge in [-0.2, -0.15) is 4.98 Å². The molecule has 5 nitrogen and oxygen atoms in total. The first-order valence-corrected chi connectivity index (χ1v) is 7.98. The number of fused-ring (bicyclic) bond motifs is 1. The maximum absolute atomic E-state index is 4.45. The molecule has 1 aliphatic rings. The Labute approximate surface area is 127 Å². The number of hydrogen-bond acceptors (Lipinski definition) is 4. The van der Waals surface area contributed by atoms with E-state index in [9.17, 15) is 0 Å². The number of rotatable bonds is 5. The van der Waals surface area contributed by atoms with Crippen molar-refractivity contribution in [3.63, 3.8) is 0 Å². The Hall–Kier alpha value is -1.14. The number of likely N-dealkylation sites (N-methyl/N-ethyl adjacent to an activating group) is 1. The third-order valence-corrected chi connectivity index (χ3v) is 4.46. The van der Waals surface area contributed by atoms with E-state index in [0.29, 0.717) is 5.95 Å². The second kappa shape index (κ2) is 6.10. The fourth-order valence-corrected chi connectivity index (χ4v) is 3.13.